The summed E-state index contributed by atoms with van der Waals surface area (Å²) < 4.78 is 1.82. The first kappa shape index (κ1) is 17.1. The van der Waals surface area contributed by atoms with Gasteiger partial charge in [0.25, 0.3) is 5.91 Å². The molecule has 1 aromatic heterocycles. The van der Waals surface area contributed by atoms with E-state index in [9.17, 15) is 4.79 Å². The Kier molecular flexibility index (Phi) is 8.09. The molecule has 1 rings (SSSR count). The zero-order chi connectivity index (χ0) is 15.5. The Labute approximate surface area is 126 Å². The third-order valence-electron chi connectivity index (χ3n) is 3.32. The number of rotatable bonds is 9. The minimum absolute atomic E-state index is 0.139. The standard InChI is InChI=1S/C16H25N3O2/c1-3-5-10-19(11-6-4-2)16(20)14-18-9-7-8-15(13-18)12-17-21/h7-9,12-13H,3-6,10-11,14H2,1-2H3/p+1/b17-12+. The van der Waals surface area contributed by atoms with E-state index < -0.39 is 0 Å². The zero-order valence-corrected chi connectivity index (χ0v) is 13.0. The molecule has 1 aromatic rings. The van der Waals surface area contributed by atoms with E-state index >= 15 is 0 Å². The van der Waals surface area contributed by atoms with Gasteiger partial charge in [0.05, 0.1) is 11.8 Å². The lowest BCUT2D eigenvalue weighted by Crippen LogP contribution is -2.45. The summed E-state index contributed by atoms with van der Waals surface area (Å²) in [6, 6.07) is 3.67. The fourth-order valence-corrected chi connectivity index (χ4v) is 2.10. The molecule has 0 spiro atoms. The van der Waals surface area contributed by atoms with Gasteiger partial charge in [-0.1, -0.05) is 31.8 Å². The molecule has 1 heterocycles. The zero-order valence-electron chi connectivity index (χ0n) is 13.0. The van der Waals surface area contributed by atoms with Gasteiger partial charge in [-0.05, 0) is 18.9 Å². The van der Waals surface area contributed by atoms with Gasteiger partial charge in [-0.25, -0.2) is 0 Å². The first-order valence-corrected chi connectivity index (χ1v) is 7.65. The van der Waals surface area contributed by atoms with Gasteiger partial charge in [0.2, 0.25) is 6.54 Å². The van der Waals surface area contributed by atoms with Crippen molar-refractivity contribution in [3.05, 3.63) is 30.1 Å². The van der Waals surface area contributed by atoms with Crippen LogP contribution in [0.25, 0.3) is 0 Å². The molecule has 0 aliphatic heterocycles. The van der Waals surface area contributed by atoms with Crippen molar-refractivity contribution in [1.29, 1.82) is 0 Å². The summed E-state index contributed by atoms with van der Waals surface area (Å²) in [5, 5.41) is 11.6. The van der Waals surface area contributed by atoms with E-state index in [1.807, 2.05) is 27.8 Å². The molecular formula is C16H26N3O2+. The number of hydrogen-bond donors (Lipinski definition) is 1. The maximum atomic E-state index is 12.4. The maximum absolute atomic E-state index is 12.4. The Balaban J connectivity index is 2.68. The molecule has 5 heteroatoms. The monoisotopic (exact) mass is 292 g/mol. The average molecular weight is 292 g/mol. The van der Waals surface area contributed by atoms with E-state index in [4.69, 9.17) is 5.21 Å². The molecule has 0 bridgehead atoms. The number of carbonyl (C=O) groups excluding carboxylic acids is 1. The van der Waals surface area contributed by atoms with Crippen molar-refractivity contribution in [1.82, 2.24) is 4.90 Å². The first-order chi connectivity index (χ1) is 10.2. The number of oxime groups is 1. The van der Waals surface area contributed by atoms with Crippen LogP contribution in [0.2, 0.25) is 0 Å². The van der Waals surface area contributed by atoms with Gasteiger partial charge >= 0.3 is 0 Å². The van der Waals surface area contributed by atoms with Gasteiger partial charge in [-0.15, -0.1) is 0 Å². The number of aromatic nitrogens is 1. The molecular weight excluding hydrogens is 266 g/mol. The number of hydrogen-bond acceptors (Lipinski definition) is 3. The van der Waals surface area contributed by atoms with Crippen LogP contribution in [-0.2, 0) is 11.3 Å². The lowest BCUT2D eigenvalue weighted by molar-refractivity contribution is -0.685. The Morgan fingerprint density at radius 2 is 2.00 bits per heavy atom. The highest BCUT2D eigenvalue weighted by molar-refractivity contribution is 5.78. The Hall–Kier alpha value is -1.91. The summed E-state index contributed by atoms with van der Waals surface area (Å²) in [7, 11) is 0. The van der Waals surface area contributed by atoms with Gasteiger partial charge in [0, 0.05) is 19.2 Å². The van der Waals surface area contributed by atoms with Crippen LogP contribution in [0.15, 0.2) is 29.7 Å². The lowest BCUT2D eigenvalue weighted by Gasteiger charge is -2.20. The van der Waals surface area contributed by atoms with Crippen LogP contribution in [0, 0.1) is 0 Å². The molecule has 1 N–H and O–H groups in total. The minimum Gasteiger partial charge on any atom is -0.411 e. The molecule has 0 aliphatic rings. The average Bonchev–Trinajstić information content (AvgIpc) is 2.48. The molecule has 0 saturated carbocycles. The molecule has 0 atom stereocenters. The SMILES string of the molecule is CCCCN(CCCC)C(=O)C[n+]1cccc(/C=N/O)c1. The van der Waals surface area contributed by atoms with Crippen LogP contribution in [0.5, 0.6) is 0 Å². The van der Waals surface area contributed by atoms with Crippen LogP contribution in [0.1, 0.15) is 45.1 Å². The van der Waals surface area contributed by atoms with Crippen molar-refractivity contribution < 1.29 is 14.6 Å². The van der Waals surface area contributed by atoms with Gasteiger partial charge in [-0.3, -0.25) is 4.79 Å². The van der Waals surface area contributed by atoms with E-state index in [1.165, 1.54) is 6.21 Å². The van der Waals surface area contributed by atoms with E-state index in [2.05, 4.69) is 19.0 Å². The summed E-state index contributed by atoms with van der Waals surface area (Å²) >= 11 is 0. The van der Waals surface area contributed by atoms with Gasteiger partial charge in [0.1, 0.15) is 0 Å². The summed E-state index contributed by atoms with van der Waals surface area (Å²) in [4.78, 5) is 14.4. The van der Waals surface area contributed by atoms with Crippen LogP contribution in [0.4, 0.5) is 0 Å². The van der Waals surface area contributed by atoms with Crippen molar-refractivity contribution in [3.8, 4) is 0 Å². The summed E-state index contributed by atoms with van der Waals surface area (Å²) in [6.45, 7) is 6.24. The quantitative estimate of drug-likeness (QED) is 0.328. The van der Waals surface area contributed by atoms with E-state index in [0.29, 0.717) is 6.54 Å². The number of nitrogens with zero attached hydrogens (tertiary/aromatic N) is 3. The van der Waals surface area contributed by atoms with Crippen molar-refractivity contribution in [3.63, 3.8) is 0 Å². The highest BCUT2D eigenvalue weighted by Crippen LogP contribution is 2.00. The summed E-state index contributed by atoms with van der Waals surface area (Å²) in [5.41, 5.74) is 0.765. The highest BCUT2D eigenvalue weighted by atomic mass is 16.4. The largest absolute Gasteiger partial charge is 0.411 e. The molecule has 21 heavy (non-hydrogen) atoms. The summed E-state index contributed by atoms with van der Waals surface area (Å²) in [6.07, 6.45) is 9.26. The van der Waals surface area contributed by atoms with Crippen molar-refractivity contribution in [2.24, 2.45) is 5.16 Å². The van der Waals surface area contributed by atoms with E-state index in [-0.39, 0.29) is 5.91 Å². The van der Waals surface area contributed by atoms with E-state index in [0.717, 1.165) is 44.3 Å². The van der Waals surface area contributed by atoms with Crippen molar-refractivity contribution in [2.45, 2.75) is 46.1 Å². The molecule has 0 unspecified atom stereocenters. The van der Waals surface area contributed by atoms with Crippen LogP contribution < -0.4 is 4.57 Å². The third kappa shape index (κ3) is 6.38. The fraction of sp³-hybridized carbons (Fsp3) is 0.562. The Bertz CT molecular complexity index is 453. The maximum Gasteiger partial charge on any atom is 0.288 e. The molecule has 0 aliphatic carbocycles. The smallest absolute Gasteiger partial charge is 0.288 e. The molecule has 0 aromatic carbocycles. The van der Waals surface area contributed by atoms with Crippen LogP contribution in [-0.4, -0.2) is 35.3 Å². The lowest BCUT2D eigenvalue weighted by atomic mass is 10.2. The topological polar surface area (TPSA) is 56.8 Å². The van der Waals surface area contributed by atoms with Crippen LogP contribution in [0.3, 0.4) is 0 Å². The van der Waals surface area contributed by atoms with Gasteiger partial charge in [-0.2, -0.15) is 4.57 Å². The summed E-state index contributed by atoms with van der Waals surface area (Å²) in [5.74, 6) is 0.139. The molecule has 116 valence electrons. The second kappa shape index (κ2) is 9.91. The second-order valence-corrected chi connectivity index (χ2v) is 5.14. The number of pyridine rings is 1. The number of carbonyl (C=O) groups is 1. The van der Waals surface area contributed by atoms with Gasteiger partial charge < -0.3 is 10.1 Å². The molecule has 0 fully saturated rings. The molecule has 0 radical (unpaired) electrons. The Morgan fingerprint density at radius 1 is 1.33 bits per heavy atom. The van der Waals surface area contributed by atoms with Crippen molar-refractivity contribution in [2.75, 3.05) is 13.1 Å². The first-order valence-electron chi connectivity index (χ1n) is 7.65. The molecule has 1 amide bonds. The van der Waals surface area contributed by atoms with Crippen LogP contribution >= 0.6 is 0 Å². The number of amides is 1. The highest BCUT2D eigenvalue weighted by Gasteiger charge is 2.17. The molecule has 5 nitrogen and oxygen atoms in total. The van der Waals surface area contributed by atoms with Gasteiger partial charge in [0.15, 0.2) is 12.4 Å². The second-order valence-electron chi connectivity index (χ2n) is 5.14. The predicted molar refractivity (Wildman–Crippen MR) is 82.4 cm³/mol. The Morgan fingerprint density at radius 3 is 2.57 bits per heavy atom. The normalized spacial score (nSPS) is 11.0. The predicted octanol–water partition coefficient (Wildman–Crippen LogP) is 2.21. The fourth-order valence-electron chi connectivity index (χ4n) is 2.10. The third-order valence-corrected chi connectivity index (χ3v) is 3.32. The van der Waals surface area contributed by atoms with E-state index in [1.54, 1.807) is 6.20 Å². The minimum atomic E-state index is 0.139. The van der Waals surface area contributed by atoms with Crippen molar-refractivity contribution >= 4 is 12.1 Å². The number of unbranched alkanes of at least 4 members (excludes halogenated alkanes) is 2. The molecule has 0 saturated heterocycles.